The van der Waals surface area contributed by atoms with Gasteiger partial charge in [0.05, 0.1) is 0 Å². The van der Waals surface area contributed by atoms with E-state index in [1.54, 1.807) is 0 Å². The first-order valence-corrected chi connectivity index (χ1v) is 9.32. The fourth-order valence-electron chi connectivity index (χ4n) is 2.39. The minimum atomic E-state index is -1.04. The zero-order valence-electron chi connectivity index (χ0n) is 17.0. The zero-order chi connectivity index (χ0) is 19.9. The third-order valence-electron chi connectivity index (χ3n) is 3.95. The Morgan fingerprint density at radius 3 is 1.69 bits per heavy atom. The fraction of sp³-hybridized carbons (Fsp3) is 0.545. The number of carboxylic acid groups (broad SMARTS) is 1. The molecule has 0 heterocycles. The van der Waals surface area contributed by atoms with Crippen LogP contribution in [0.3, 0.4) is 0 Å². The van der Waals surface area contributed by atoms with Crippen molar-refractivity contribution in [2.45, 2.75) is 73.1 Å². The number of rotatable bonds is 12. The molecule has 146 valence electrons. The molecule has 0 radical (unpaired) electrons. The van der Waals surface area contributed by atoms with Gasteiger partial charge in [-0.2, -0.15) is 0 Å². The van der Waals surface area contributed by atoms with E-state index in [-0.39, 0.29) is 12.5 Å². The van der Waals surface area contributed by atoms with E-state index in [9.17, 15) is 9.59 Å². The van der Waals surface area contributed by atoms with Crippen LogP contribution in [-0.2, 0) is 9.59 Å². The lowest BCUT2D eigenvalue weighted by molar-refractivity contribution is -0.137. The van der Waals surface area contributed by atoms with Gasteiger partial charge in [-0.05, 0) is 73.1 Å². The number of carbonyl (C=O) groups is 2. The molecule has 0 bridgehead atoms. The van der Waals surface area contributed by atoms with Gasteiger partial charge in [-0.15, -0.1) is 0 Å². The molecule has 4 heteroatoms. The molecule has 0 unspecified atom stereocenters. The zero-order valence-corrected chi connectivity index (χ0v) is 17.0. The van der Waals surface area contributed by atoms with Gasteiger partial charge in [0.25, 0.3) is 0 Å². The molecule has 26 heavy (non-hydrogen) atoms. The molecule has 0 aliphatic heterocycles. The Bertz CT molecular complexity index is 576. The van der Waals surface area contributed by atoms with Crippen LogP contribution in [0.25, 0.3) is 0 Å². The van der Waals surface area contributed by atoms with Gasteiger partial charge in [0.15, 0.2) is 0 Å². The first-order chi connectivity index (χ1) is 12.2. The van der Waals surface area contributed by atoms with Gasteiger partial charge in [-0.25, -0.2) is 0 Å². The van der Waals surface area contributed by atoms with Gasteiger partial charge in [0.2, 0.25) is 5.91 Å². The molecule has 0 saturated heterocycles. The van der Waals surface area contributed by atoms with Gasteiger partial charge < -0.3 is 10.4 Å². The van der Waals surface area contributed by atoms with Crippen molar-refractivity contribution in [2.24, 2.45) is 0 Å². The van der Waals surface area contributed by atoms with Crippen molar-refractivity contribution in [2.75, 3.05) is 6.54 Å². The average molecular weight is 362 g/mol. The van der Waals surface area contributed by atoms with E-state index in [1.807, 2.05) is 6.92 Å². The molecule has 0 aromatic carbocycles. The van der Waals surface area contributed by atoms with Crippen molar-refractivity contribution >= 4 is 11.9 Å². The Morgan fingerprint density at radius 1 is 0.769 bits per heavy atom. The summed E-state index contributed by atoms with van der Waals surface area (Å²) in [5, 5.41) is 10.8. The van der Waals surface area contributed by atoms with Crippen LogP contribution in [0.4, 0.5) is 0 Å². The molecule has 0 rings (SSSR count). The highest BCUT2D eigenvalue weighted by Gasteiger charge is 2.01. The number of nitrogens with one attached hydrogen (secondary N) is 1. The topological polar surface area (TPSA) is 66.4 Å². The lowest BCUT2D eigenvalue weighted by Crippen LogP contribution is -2.27. The highest BCUT2D eigenvalue weighted by atomic mass is 16.4. The maximum absolute atomic E-state index is 11.5. The Balaban J connectivity index is 4.11. The van der Waals surface area contributed by atoms with Crippen LogP contribution in [0.5, 0.6) is 0 Å². The van der Waals surface area contributed by atoms with Gasteiger partial charge >= 0.3 is 5.97 Å². The van der Waals surface area contributed by atoms with Gasteiger partial charge in [0.1, 0.15) is 6.54 Å². The number of hydrogen-bond donors (Lipinski definition) is 2. The summed E-state index contributed by atoms with van der Waals surface area (Å²) in [6.45, 7) is 10.1. The van der Waals surface area contributed by atoms with Crippen molar-refractivity contribution in [1.29, 1.82) is 0 Å². The molecule has 0 aromatic heterocycles. The second-order valence-electron chi connectivity index (χ2n) is 7.10. The Morgan fingerprint density at radius 2 is 1.23 bits per heavy atom. The Hall–Kier alpha value is -2.10. The molecule has 0 fully saturated rings. The predicted octanol–water partition coefficient (Wildman–Crippen LogP) is 5.33. The van der Waals surface area contributed by atoms with Crippen LogP contribution in [0.2, 0.25) is 0 Å². The molecule has 1 amide bonds. The molecule has 0 spiro atoms. The molecular weight excluding hydrogens is 326 g/mol. The van der Waals surface area contributed by atoms with Crippen LogP contribution in [0.1, 0.15) is 73.1 Å². The van der Waals surface area contributed by atoms with E-state index in [1.165, 1.54) is 22.8 Å². The summed E-state index contributed by atoms with van der Waals surface area (Å²) >= 11 is 0. The quantitative estimate of drug-likeness (QED) is 0.364. The molecule has 0 aliphatic carbocycles. The minimum Gasteiger partial charge on any atom is -0.480 e. The molecular formula is C22H35NO3. The summed E-state index contributed by atoms with van der Waals surface area (Å²) in [5.74, 6) is -1.39. The average Bonchev–Trinajstić information content (AvgIpc) is 2.52. The first-order valence-electron chi connectivity index (χ1n) is 9.32. The summed E-state index contributed by atoms with van der Waals surface area (Å²) in [5.41, 5.74) is 5.13. The maximum atomic E-state index is 11.5. The monoisotopic (exact) mass is 361 g/mol. The van der Waals surface area contributed by atoms with E-state index >= 15 is 0 Å². The molecule has 0 aliphatic rings. The SMILES string of the molecule is CC(C)=CCC/C(C)=C/CC/C(C)=C/CC/C(C)=C/C(=O)NCC(=O)O. The number of aliphatic carboxylic acids is 1. The lowest BCUT2D eigenvalue weighted by atomic mass is 10.0. The van der Waals surface area contributed by atoms with E-state index < -0.39 is 5.97 Å². The number of carbonyl (C=O) groups excluding carboxylic acids is 1. The van der Waals surface area contributed by atoms with Crippen LogP contribution < -0.4 is 5.32 Å². The van der Waals surface area contributed by atoms with Crippen LogP contribution in [-0.4, -0.2) is 23.5 Å². The largest absolute Gasteiger partial charge is 0.480 e. The summed E-state index contributed by atoms with van der Waals surface area (Å²) in [6, 6.07) is 0. The van der Waals surface area contributed by atoms with E-state index in [4.69, 9.17) is 5.11 Å². The number of allylic oxidation sites excluding steroid dienone is 7. The molecule has 2 N–H and O–H groups in total. The number of amides is 1. The first kappa shape index (κ1) is 23.9. The summed E-state index contributed by atoms with van der Waals surface area (Å²) < 4.78 is 0. The van der Waals surface area contributed by atoms with Crippen molar-refractivity contribution in [1.82, 2.24) is 5.32 Å². The highest BCUT2D eigenvalue weighted by Crippen LogP contribution is 2.13. The molecule has 0 atom stereocenters. The minimum absolute atomic E-state index is 0.344. The van der Waals surface area contributed by atoms with Gasteiger partial charge in [0, 0.05) is 6.08 Å². The van der Waals surface area contributed by atoms with E-state index in [0.717, 1.165) is 44.1 Å². The second kappa shape index (κ2) is 14.1. The third kappa shape index (κ3) is 15.4. The lowest BCUT2D eigenvalue weighted by Gasteiger charge is -2.03. The van der Waals surface area contributed by atoms with E-state index in [0.29, 0.717) is 0 Å². The standard InChI is InChI=1S/C22H35NO3/c1-17(2)9-6-10-18(3)11-7-12-19(4)13-8-14-20(5)15-21(24)23-16-22(25)26/h9,11,13,15H,6-8,10,12,14,16H2,1-5H3,(H,23,24)(H,25,26)/b18-11+,19-13+,20-15+. The molecule has 4 nitrogen and oxygen atoms in total. The van der Waals surface area contributed by atoms with Crippen LogP contribution >= 0.6 is 0 Å². The summed E-state index contributed by atoms with van der Waals surface area (Å²) in [7, 11) is 0. The molecule has 0 aromatic rings. The molecule has 0 saturated carbocycles. The number of carboxylic acids is 1. The van der Waals surface area contributed by atoms with Crippen molar-refractivity contribution in [3.8, 4) is 0 Å². The smallest absolute Gasteiger partial charge is 0.322 e. The van der Waals surface area contributed by atoms with Gasteiger partial charge in [-0.1, -0.05) is 40.5 Å². The van der Waals surface area contributed by atoms with Crippen molar-refractivity contribution in [3.05, 3.63) is 46.6 Å². The maximum Gasteiger partial charge on any atom is 0.322 e. The summed E-state index contributed by atoms with van der Waals surface area (Å²) in [4.78, 5) is 21.9. The van der Waals surface area contributed by atoms with Crippen molar-refractivity contribution < 1.29 is 14.7 Å². The summed E-state index contributed by atoms with van der Waals surface area (Å²) in [6.07, 6.45) is 14.4. The predicted molar refractivity (Wildman–Crippen MR) is 109 cm³/mol. The normalized spacial score (nSPS) is 12.7. The van der Waals surface area contributed by atoms with Gasteiger partial charge in [-0.3, -0.25) is 9.59 Å². The Labute approximate surface area is 158 Å². The third-order valence-corrected chi connectivity index (χ3v) is 3.95. The second-order valence-corrected chi connectivity index (χ2v) is 7.10. The fourth-order valence-corrected chi connectivity index (χ4v) is 2.39. The highest BCUT2D eigenvalue weighted by molar-refractivity contribution is 5.90. The van der Waals surface area contributed by atoms with E-state index in [2.05, 4.69) is 51.2 Å². The Kier molecular flexibility index (Phi) is 13.0. The van der Waals surface area contributed by atoms with Crippen LogP contribution in [0.15, 0.2) is 46.6 Å². The van der Waals surface area contributed by atoms with Crippen molar-refractivity contribution in [3.63, 3.8) is 0 Å². The van der Waals surface area contributed by atoms with Crippen LogP contribution in [0, 0.1) is 0 Å². The number of hydrogen-bond acceptors (Lipinski definition) is 2.